The van der Waals surface area contributed by atoms with E-state index in [1.54, 1.807) is 18.2 Å². The summed E-state index contributed by atoms with van der Waals surface area (Å²) >= 11 is 0. The fraction of sp³-hybridized carbons (Fsp3) is 0.154. The topological polar surface area (TPSA) is 38.9 Å². The van der Waals surface area contributed by atoms with Crippen molar-refractivity contribution in [2.75, 3.05) is 5.73 Å². The van der Waals surface area contributed by atoms with Gasteiger partial charge >= 0.3 is 6.18 Å². The third kappa shape index (κ3) is 2.61. The van der Waals surface area contributed by atoms with Crippen molar-refractivity contribution in [1.82, 2.24) is 4.98 Å². The minimum atomic E-state index is -4.42. The summed E-state index contributed by atoms with van der Waals surface area (Å²) in [6, 6.07) is 8.94. The SMILES string of the molecule is Cc1cccc(-c2cc(C(F)(F)F)cc(N)n2)c1. The van der Waals surface area contributed by atoms with Crippen molar-refractivity contribution in [2.24, 2.45) is 0 Å². The Hall–Kier alpha value is -2.04. The van der Waals surface area contributed by atoms with E-state index < -0.39 is 11.7 Å². The summed E-state index contributed by atoms with van der Waals surface area (Å²) in [5, 5.41) is 0. The molecule has 0 amide bonds. The van der Waals surface area contributed by atoms with Crippen LogP contribution in [0.4, 0.5) is 19.0 Å². The van der Waals surface area contributed by atoms with Gasteiger partial charge in [0.15, 0.2) is 0 Å². The van der Waals surface area contributed by atoms with Crippen LogP contribution in [0.15, 0.2) is 36.4 Å². The van der Waals surface area contributed by atoms with Crippen LogP contribution in [0.3, 0.4) is 0 Å². The van der Waals surface area contributed by atoms with Gasteiger partial charge in [0.1, 0.15) is 5.82 Å². The predicted octanol–water partition coefficient (Wildman–Crippen LogP) is 3.66. The molecule has 0 unspecified atom stereocenters. The molecular formula is C13H11F3N2. The molecule has 2 rings (SSSR count). The molecule has 0 saturated heterocycles. The number of hydrogen-bond donors (Lipinski definition) is 1. The monoisotopic (exact) mass is 252 g/mol. The van der Waals surface area contributed by atoms with Crippen molar-refractivity contribution in [3.05, 3.63) is 47.5 Å². The Kier molecular flexibility index (Phi) is 2.98. The lowest BCUT2D eigenvalue weighted by Gasteiger charge is -2.10. The average Bonchev–Trinajstić information content (AvgIpc) is 2.27. The summed E-state index contributed by atoms with van der Waals surface area (Å²) in [5.41, 5.74) is 6.43. The molecule has 0 aliphatic rings. The van der Waals surface area contributed by atoms with Gasteiger partial charge in [0.05, 0.1) is 11.3 Å². The standard InChI is InChI=1S/C13H11F3N2/c1-8-3-2-4-9(5-8)11-6-10(13(14,15)16)7-12(17)18-11/h2-7H,1H3,(H2,17,18). The molecule has 0 aliphatic carbocycles. The summed E-state index contributed by atoms with van der Waals surface area (Å²) in [6.45, 7) is 1.86. The van der Waals surface area contributed by atoms with Crippen molar-refractivity contribution >= 4 is 5.82 Å². The van der Waals surface area contributed by atoms with Crippen LogP contribution < -0.4 is 5.73 Å². The second-order valence-corrected chi connectivity index (χ2v) is 4.03. The number of halogens is 3. The first kappa shape index (κ1) is 12.4. The van der Waals surface area contributed by atoms with Gasteiger partial charge in [-0.25, -0.2) is 4.98 Å². The number of nitrogens with zero attached hydrogens (tertiary/aromatic N) is 1. The van der Waals surface area contributed by atoms with E-state index >= 15 is 0 Å². The maximum Gasteiger partial charge on any atom is 0.416 e. The van der Waals surface area contributed by atoms with Crippen LogP contribution in [0.25, 0.3) is 11.3 Å². The molecule has 0 aliphatic heterocycles. The quantitative estimate of drug-likeness (QED) is 0.841. The lowest BCUT2D eigenvalue weighted by molar-refractivity contribution is -0.137. The first-order chi connectivity index (χ1) is 8.36. The minimum Gasteiger partial charge on any atom is -0.384 e. The molecule has 5 heteroatoms. The summed E-state index contributed by atoms with van der Waals surface area (Å²) in [7, 11) is 0. The maximum atomic E-state index is 12.7. The Balaban J connectivity index is 2.55. The number of aromatic nitrogens is 1. The number of pyridine rings is 1. The number of nitrogen functional groups attached to an aromatic ring is 1. The first-order valence-electron chi connectivity index (χ1n) is 5.28. The van der Waals surface area contributed by atoms with Gasteiger partial charge in [-0.15, -0.1) is 0 Å². The van der Waals surface area contributed by atoms with Crippen LogP contribution in [-0.2, 0) is 6.18 Å². The van der Waals surface area contributed by atoms with E-state index in [9.17, 15) is 13.2 Å². The van der Waals surface area contributed by atoms with Crippen molar-refractivity contribution in [2.45, 2.75) is 13.1 Å². The van der Waals surface area contributed by atoms with Gasteiger partial charge in [0, 0.05) is 5.56 Å². The van der Waals surface area contributed by atoms with Crippen LogP contribution in [-0.4, -0.2) is 4.98 Å². The fourth-order valence-electron chi connectivity index (χ4n) is 1.67. The zero-order valence-corrected chi connectivity index (χ0v) is 9.62. The van der Waals surface area contributed by atoms with Crippen LogP contribution >= 0.6 is 0 Å². The molecule has 94 valence electrons. The number of anilines is 1. The molecule has 0 saturated carbocycles. The molecule has 0 radical (unpaired) electrons. The largest absolute Gasteiger partial charge is 0.416 e. The third-order valence-corrected chi connectivity index (χ3v) is 2.49. The summed E-state index contributed by atoms with van der Waals surface area (Å²) in [4.78, 5) is 3.94. The zero-order chi connectivity index (χ0) is 13.3. The van der Waals surface area contributed by atoms with E-state index in [0.29, 0.717) is 5.56 Å². The summed E-state index contributed by atoms with van der Waals surface area (Å²) < 4.78 is 38.0. The van der Waals surface area contributed by atoms with E-state index in [1.165, 1.54) is 0 Å². The number of alkyl halides is 3. The van der Waals surface area contributed by atoms with E-state index in [0.717, 1.165) is 17.7 Å². The third-order valence-electron chi connectivity index (χ3n) is 2.49. The number of hydrogen-bond acceptors (Lipinski definition) is 2. The average molecular weight is 252 g/mol. The minimum absolute atomic E-state index is 0.138. The normalized spacial score (nSPS) is 11.6. The molecule has 2 N–H and O–H groups in total. The molecule has 1 aromatic heterocycles. The Morgan fingerprint density at radius 1 is 1.11 bits per heavy atom. The fourth-order valence-corrected chi connectivity index (χ4v) is 1.67. The molecule has 2 nitrogen and oxygen atoms in total. The Bertz CT molecular complexity index is 577. The van der Waals surface area contributed by atoms with Gasteiger partial charge in [-0.2, -0.15) is 13.2 Å². The maximum absolute atomic E-state index is 12.7. The molecular weight excluding hydrogens is 241 g/mol. The highest BCUT2D eigenvalue weighted by molar-refractivity contribution is 5.63. The first-order valence-corrected chi connectivity index (χ1v) is 5.28. The Morgan fingerprint density at radius 2 is 1.83 bits per heavy atom. The van der Waals surface area contributed by atoms with Crippen molar-refractivity contribution in [3.63, 3.8) is 0 Å². The summed E-state index contributed by atoms with van der Waals surface area (Å²) in [5.74, 6) is -0.138. The van der Waals surface area contributed by atoms with Gasteiger partial charge < -0.3 is 5.73 Å². The number of benzene rings is 1. The molecule has 1 heterocycles. The van der Waals surface area contributed by atoms with Gasteiger partial charge in [-0.3, -0.25) is 0 Å². The van der Waals surface area contributed by atoms with E-state index in [1.807, 2.05) is 13.0 Å². The van der Waals surface area contributed by atoms with Crippen LogP contribution in [0.5, 0.6) is 0 Å². The van der Waals surface area contributed by atoms with Crippen molar-refractivity contribution in [3.8, 4) is 11.3 Å². The van der Waals surface area contributed by atoms with E-state index in [4.69, 9.17) is 5.73 Å². The number of aryl methyl sites for hydroxylation is 1. The molecule has 0 spiro atoms. The summed E-state index contributed by atoms with van der Waals surface area (Å²) in [6.07, 6.45) is -4.42. The zero-order valence-electron chi connectivity index (χ0n) is 9.62. The molecule has 0 bridgehead atoms. The van der Waals surface area contributed by atoms with Crippen LogP contribution in [0, 0.1) is 6.92 Å². The molecule has 18 heavy (non-hydrogen) atoms. The second-order valence-electron chi connectivity index (χ2n) is 4.03. The number of nitrogens with two attached hydrogens (primary N) is 1. The van der Waals surface area contributed by atoms with Gasteiger partial charge in [0.2, 0.25) is 0 Å². The van der Waals surface area contributed by atoms with Crippen LogP contribution in [0.1, 0.15) is 11.1 Å². The molecule has 1 aromatic carbocycles. The van der Waals surface area contributed by atoms with E-state index in [-0.39, 0.29) is 11.5 Å². The van der Waals surface area contributed by atoms with Crippen molar-refractivity contribution in [1.29, 1.82) is 0 Å². The van der Waals surface area contributed by atoms with E-state index in [2.05, 4.69) is 4.98 Å². The highest BCUT2D eigenvalue weighted by Crippen LogP contribution is 2.32. The highest BCUT2D eigenvalue weighted by Gasteiger charge is 2.31. The lowest BCUT2D eigenvalue weighted by Crippen LogP contribution is -2.07. The lowest BCUT2D eigenvalue weighted by atomic mass is 10.1. The van der Waals surface area contributed by atoms with Crippen molar-refractivity contribution < 1.29 is 13.2 Å². The number of rotatable bonds is 1. The molecule has 0 fully saturated rings. The molecule has 0 atom stereocenters. The predicted molar refractivity (Wildman–Crippen MR) is 63.8 cm³/mol. The van der Waals surface area contributed by atoms with Gasteiger partial charge in [-0.1, -0.05) is 23.8 Å². The molecule has 2 aromatic rings. The van der Waals surface area contributed by atoms with Crippen LogP contribution in [0.2, 0.25) is 0 Å². The van der Waals surface area contributed by atoms with Gasteiger partial charge in [-0.05, 0) is 25.1 Å². The second kappa shape index (κ2) is 4.33. The van der Waals surface area contributed by atoms with Gasteiger partial charge in [0.25, 0.3) is 0 Å². The smallest absolute Gasteiger partial charge is 0.384 e. The Labute approximate surface area is 102 Å². The highest BCUT2D eigenvalue weighted by atomic mass is 19.4. The Morgan fingerprint density at radius 3 is 2.44 bits per heavy atom.